The quantitative estimate of drug-likeness (QED) is 0.743. The Labute approximate surface area is 115 Å². The van der Waals surface area contributed by atoms with Gasteiger partial charge in [-0.3, -0.25) is 4.79 Å². The fourth-order valence-electron chi connectivity index (χ4n) is 1.99. The minimum absolute atomic E-state index is 0.0557. The second-order valence-corrected chi connectivity index (χ2v) is 5.30. The van der Waals surface area contributed by atoms with Gasteiger partial charge in [-0.15, -0.1) is 0 Å². The van der Waals surface area contributed by atoms with Crippen molar-refractivity contribution in [1.82, 2.24) is 14.9 Å². The molecule has 0 saturated carbocycles. The summed E-state index contributed by atoms with van der Waals surface area (Å²) in [6, 6.07) is 0.221. The Morgan fingerprint density at radius 2 is 2.21 bits per heavy atom. The molecule has 0 radical (unpaired) electrons. The highest BCUT2D eigenvalue weighted by atomic mass is 16.1. The summed E-state index contributed by atoms with van der Waals surface area (Å²) >= 11 is 0. The van der Waals surface area contributed by atoms with Crippen molar-refractivity contribution < 1.29 is 4.79 Å². The van der Waals surface area contributed by atoms with Gasteiger partial charge in [0.25, 0.3) is 0 Å². The van der Waals surface area contributed by atoms with Crippen molar-refractivity contribution >= 4 is 5.91 Å². The summed E-state index contributed by atoms with van der Waals surface area (Å²) < 4.78 is 1.97. The number of amides is 1. The lowest BCUT2D eigenvalue weighted by Gasteiger charge is -2.12. The van der Waals surface area contributed by atoms with Gasteiger partial charge in [0.1, 0.15) is 5.82 Å². The van der Waals surface area contributed by atoms with E-state index >= 15 is 0 Å². The third kappa shape index (κ3) is 5.87. The fourth-order valence-corrected chi connectivity index (χ4v) is 1.99. The molecular weight excluding hydrogens is 240 g/mol. The molecular formula is C14H26N4O. The van der Waals surface area contributed by atoms with Gasteiger partial charge in [-0.25, -0.2) is 4.98 Å². The van der Waals surface area contributed by atoms with Crippen LogP contribution in [0.4, 0.5) is 0 Å². The molecule has 19 heavy (non-hydrogen) atoms. The molecule has 1 aromatic rings. The van der Waals surface area contributed by atoms with Crippen LogP contribution in [0.5, 0.6) is 0 Å². The third-order valence-corrected chi connectivity index (χ3v) is 3.31. The van der Waals surface area contributed by atoms with Crippen LogP contribution in [0.15, 0.2) is 12.4 Å². The molecule has 5 nitrogen and oxygen atoms in total. The van der Waals surface area contributed by atoms with E-state index in [0.717, 1.165) is 31.5 Å². The SMILES string of the molecule is CC(N)CCCC(C)C(=O)NCCc1nccn1C. The molecule has 0 spiro atoms. The number of aryl methyl sites for hydroxylation is 1. The van der Waals surface area contributed by atoms with Gasteiger partial charge in [0.05, 0.1) is 0 Å². The summed E-state index contributed by atoms with van der Waals surface area (Å²) in [6.45, 7) is 4.61. The molecule has 0 aliphatic heterocycles. The fraction of sp³-hybridized carbons (Fsp3) is 0.714. The lowest BCUT2D eigenvalue weighted by Crippen LogP contribution is -2.31. The zero-order chi connectivity index (χ0) is 14.3. The molecule has 1 heterocycles. The average molecular weight is 266 g/mol. The normalized spacial score (nSPS) is 14.1. The zero-order valence-electron chi connectivity index (χ0n) is 12.2. The molecule has 0 saturated heterocycles. The summed E-state index contributed by atoms with van der Waals surface area (Å²) in [5, 5.41) is 2.96. The molecule has 0 fully saturated rings. The van der Waals surface area contributed by atoms with Gasteiger partial charge in [0.2, 0.25) is 5.91 Å². The van der Waals surface area contributed by atoms with E-state index in [1.807, 2.05) is 31.7 Å². The van der Waals surface area contributed by atoms with Crippen molar-refractivity contribution in [3.8, 4) is 0 Å². The van der Waals surface area contributed by atoms with Crippen molar-refractivity contribution in [2.45, 2.75) is 45.6 Å². The topological polar surface area (TPSA) is 72.9 Å². The molecule has 2 atom stereocenters. The average Bonchev–Trinajstić information content (AvgIpc) is 2.74. The summed E-state index contributed by atoms with van der Waals surface area (Å²) in [4.78, 5) is 16.1. The Kier molecular flexibility index (Phi) is 6.56. The van der Waals surface area contributed by atoms with Crippen molar-refractivity contribution in [1.29, 1.82) is 0 Å². The molecule has 0 aliphatic carbocycles. The number of carbonyl (C=O) groups is 1. The number of nitrogens with zero attached hydrogens (tertiary/aromatic N) is 2. The van der Waals surface area contributed by atoms with E-state index in [0.29, 0.717) is 6.54 Å². The number of nitrogens with two attached hydrogens (primary N) is 1. The summed E-state index contributed by atoms with van der Waals surface area (Å²) in [5.41, 5.74) is 5.69. The number of rotatable bonds is 8. The number of hydrogen-bond donors (Lipinski definition) is 2. The van der Waals surface area contributed by atoms with Gasteiger partial charge in [-0.1, -0.05) is 13.3 Å². The van der Waals surface area contributed by atoms with E-state index in [9.17, 15) is 4.79 Å². The van der Waals surface area contributed by atoms with E-state index < -0.39 is 0 Å². The molecule has 1 aromatic heterocycles. The van der Waals surface area contributed by atoms with Crippen molar-refractivity contribution in [2.24, 2.45) is 18.7 Å². The number of imidazole rings is 1. The monoisotopic (exact) mass is 266 g/mol. The number of carbonyl (C=O) groups excluding carboxylic acids is 1. The van der Waals surface area contributed by atoms with Gasteiger partial charge in [0.15, 0.2) is 0 Å². The second kappa shape index (κ2) is 7.94. The minimum Gasteiger partial charge on any atom is -0.355 e. The first-order chi connectivity index (χ1) is 9.00. The van der Waals surface area contributed by atoms with Crippen molar-refractivity contribution in [3.05, 3.63) is 18.2 Å². The Bertz CT molecular complexity index is 387. The smallest absolute Gasteiger partial charge is 0.222 e. The first kappa shape index (κ1) is 15.7. The van der Waals surface area contributed by atoms with Crippen molar-refractivity contribution in [3.63, 3.8) is 0 Å². The summed E-state index contributed by atoms with van der Waals surface area (Å²) in [7, 11) is 1.96. The van der Waals surface area contributed by atoms with Gasteiger partial charge in [-0.05, 0) is 19.8 Å². The summed E-state index contributed by atoms with van der Waals surface area (Å²) in [5.74, 6) is 1.17. The van der Waals surface area contributed by atoms with Crippen molar-refractivity contribution in [2.75, 3.05) is 6.54 Å². The van der Waals surface area contributed by atoms with Crippen LogP contribution in [0.2, 0.25) is 0 Å². The maximum absolute atomic E-state index is 11.9. The lowest BCUT2D eigenvalue weighted by molar-refractivity contribution is -0.124. The highest BCUT2D eigenvalue weighted by Gasteiger charge is 2.12. The first-order valence-electron chi connectivity index (χ1n) is 7.00. The number of nitrogens with one attached hydrogen (secondary N) is 1. The first-order valence-corrected chi connectivity index (χ1v) is 7.00. The highest BCUT2D eigenvalue weighted by Crippen LogP contribution is 2.09. The molecule has 108 valence electrons. The molecule has 2 unspecified atom stereocenters. The maximum atomic E-state index is 11.9. The van der Waals surface area contributed by atoms with E-state index in [1.165, 1.54) is 0 Å². The Morgan fingerprint density at radius 3 is 2.79 bits per heavy atom. The standard InChI is InChI=1S/C14H26N4O/c1-11(5-4-6-12(2)15)14(19)17-8-7-13-16-9-10-18(13)3/h9-12H,4-8,15H2,1-3H3,(H,17,19). The van der Waals surface area contributed by atoms with Crippen LogP contribution in [0, 0.1) is 5.92 Å². The van der Waals surface area contributed by atoms with Gasteiger partial charge in [0, 0.05) is 44.4 Å². The van der Waals surface area contributed by atoms with E-state index in [1.54, 1.807) is 6.20 Å². The number of aromatic nitrogens is 2. The predicted molar refractivity (Wildman–Crippen MR) is 76.6 cm³/mol. The van der Waals surface area contributed by atoms with Crippen LogP contribution in [0.25, 0.3) is 0 Å². The number of hydrogen-bond acceptors (Lipinski definition) is 3. The van der Waals surface area contributed by atoms with Crippen LogP contribution in [0.3, 0.4) is 0 Å². The van der Waals surface area contributed by atoms with E-state index in [-0.39, 0.29) is 17.9 Å². The van der Waals surface area contributed by atoms with Crippen LogP contribution in [0.1, 0.15) is 38.9 Å². The second-order valence-electron chi connectivity index (χ2n) is 5.30. The van der Waals surface area contributed by atoms with Crippen LogP contribution in [-0.2, 0) is 18.3 Å². The molecule has 1 amide bonds. The molecule has 1 rings (SSSR count). The minimum atomic E-state index is 0.0557. The third-order valence-electron chi connectivity index (χ3n) is 3.31. The molecule has 0 aromatic carbocycles. The summed E-state index contributed by atoms with van der Waals surface area (Å²) in [6.07, 6.45) is 7.33. The zero-order valence-corrected chi connectivity index (χ0v) is 12.2. The van der Waals surface area contributed by atoms with Crippen LogP contribution >= 0.6 is 0 Å². The Hall–Kier alpha value is -1.36. The molecule has 3 N–H and O–H groups in total. The molecule has 5 heteroatoms. The predicted octanol–water partition coefficient (Wildman–Crippen LogP) is 1.23. The maximum Gasteiger partial charge on any atom is 0.222 e. The van der Waals surface area contributed by atoms with E-state index in [4.69, 9.17) is 5.73 Å². The van der Waals surface area contributed by atoms with Crippen LogP contribution < -0.4 is 11.1 Å². The van der Waals surface area contributed by atoms with E-state index in [2.05, 4.69) is 10.3 Å². The van der Waals surface area contributed by atoms with Crippen LogP contribution in [-0.4, -0.2) is 28.0 Å². The van der Waals surface area contributed by atoms with Gasteiger partial charge < -0.3 is 15.6 Å². The Morgan fingerprint density at radius 1 is 1.47 bits per heavy atom. The van der Waals surface area contributed by atoms with Gasteiger partial charge >= 0.3 is 0 Å². The highest BCUT2D eigenvalue weighted by molar-refractivity contribution is 5.78. The molecule has 0 aliphatic rings. The lowest BCUT2D eigenvalue weighted by atomic mass is 10.0. The molecule has 0 bridgehead atoms. The Balaban J connectivity index is 2.18. The largest absolute Gasteiger partial charge is 0.355 e. The van der Waals surface area contributed by atoms with Gasteiger partial charge in [-0.2, -0.15) is 0 Å².